The maximum absolute atomic E-state index is 15.6. The summed E-state index contributed by atoms with van der Waals surface area (Å²) in [5.74, 6) is -0.788. The second-order valence-electron chi connectivity index (χ2n) is 11.8. The van der Waals surface area contributed by atoms with Gasteiger partial charge in [0.15, 0.2) is 22.6 Å². The van der Waals surface area contributed by atoms with Gasteiger partial charge in [0.05, 0.1) is 26.4 Å². The quantitative estimate of drug-likeness (QED) is 0.0657. The third-order valence-corrected chi connectivity index (χ3v) is 11.7. The topological polar surface area (TPSA) is 192 Å². The maximum Gasteiger partial charge on any atom is 0.474 e. The van der Waals surface area contributed by atoms with E-state index in [4.69, 9.17) is 23.8 Å². The van der Waals surface area contributed by atoms with E-state index in [-0.39, 0.29) is 35.0 Å². The highest BCUT2D eigenvalue weighted by atomic mass is 32.2. The standard InChI is InChI=1S/C27H43FN5O9PS2/c1-8-25(4,5)22(35)44-14-12-39-43(38,40-13-15-45-23(36)26(6,7)9-2)41-17-27(16-30-32-29)18(3)20(28)21(42-27)33-11-10-19(34)31-24(33)37/h10-11,18,20-21H,8-9,12-17H2,1-7H3,(H,31,34,37)/t18-,20+,21+,27+/m0/s1. The summed E-state index contributed by atoms with van der Waals surface area (Å²) in [5.41, 5.74) is 4.56. The molecular formula is C27H43FN5O9PS2. The first-order valence-corrected chi connectivity index (χ1v) is 17.9. The van der Waals surface area contributed by atoms with Crippen LogP contribution in [0.15, 0.2) is 27.0 Å². The van der Waals surface area contributed by atoms with Crippen LogP contribution in [0.1, 0.15) is 67.5 Å². The molecule has 1 saturated heterocycles. The van der Waals surface area contributed by atoms with E-state index in [0.29, 0.717) is 12.8 Å². The van der Waals surface area contributed by atoms with Gasteiger partial charge in [-0.1, -0.05) is 77.1 Å². The molecule has 0 aromatic carbocycles. The van der Waals surface area contributed by atoms with Crippen molar-refractivity contribution in [1.29, 1.82) is 0 Å². The molecule has 14 nitrogen and oxygen atoms in total. The van der Waals surface area contributed by atoms with Crippen molar-refractivity contribution in [2.24, 2.45) is 21.9 Å². The molecule has 0 saturated carbocycles. The molecule has 1 aliphatic rings. The van der Waals surface area contributed by atoms with Crippen molar-refractivity contribution in [2.45, 2.75) is 79.3 Å². The van der Waals surface area contributed by atoms with Gasteiger partial charge in [-0.15, -0.1) is 0 Å². The third-order valence-electron chi connectivity index (χ3n) is 7.93. The minimum absolute atomic E-state index is 0.0715. The van der Waals surface area contributed by atoms with Crippen LogP contribution in [0.5, 0.6) is 0 Å². The summed E-state index contributed by atoms with van der Waals surface area (Å²) in [7, 11) is -4.42. The highest BCUT2D eigenvalue weighted by molar-refractivity contribution is 8.14. The molecule has 2 rings (SSSR count). The monoisotopic (exact) mass is 695 g/mol. The average molecular weight is 696 g/mol. The molecule has 1 fully saturated rings. The van der Waals surface area contributed by atoms with Gasteiger partial charge in [0.1, 0.15) is 5.60 Å². The third kappa shape index (κ3) is 10.5. The van der Waals surface area contributed by atoms with Gasteiger partial charge in [0.2, 0.25) is 0 Å². The van der Waals surface area contributed by atoms with E-state index < -0.39 is 67.0 Å². The molecule has 0 radical (unpaired) electrons. The van der Waals surface area contributed by atoms with E-state index in [2.05, 4.69) is 10.0 Å². The van der Waals surface area contributed by atoms with Crippen LogP contribution in [-0.4, -0.2) is 69.4 Å². The lowest BCUT2D eigenvalue weighted by atomic mass is 9.88. The Labute approximate surface area is 270 Å². The number of ether oxygens (including phenoxy) is 1. The van der Waals surface area contributed by atoms with Crippen LogP contribution in [0.2, 0.25) is 0 Å². The van der Waals surface area contributed by atoms with Gasteiger partial charge >= 0.3 is 13.5 Å². The molecule has 0 bridgehead atoms. The van der Waals surface area contributed by atoms with E-state index in [0.717, 1.165) is 40.4 Å². The van der Waals surface area contributed by atoms with Crippen LogP contribution >= 0.6 is 31.3 Å². The molecule has 1 aliphatic heterocycles. The Kier molecular flexibility index (Phi) is 14.6. The summed E-state index contributed by atoms with van der Waals surface area (Å²) < 4.78 is 52.9. The zero-order valence-electron chi connectivity index (χ0n) is 26.6. The van der Waals surface area contributed by atoms with E-state index in [9.17, 15) is 23.7 Å². The first-order chi connectivity index (χ1) is 21.0. The molecule has 4 atom stereocenters. The van der Waals surface area contributed by atoms with Crippen molar-refractivity contribution in [3.05, 3.63) is 43.5 Å². The zero-order valence-corrected chi connectivity index (χ0v) is 29.2. The number of alkyl halides is 1. The van der Waals surface area contributed by atoms with Gasteiger partial charge in [-0.05, 0) is 18.4 Å². The number of hydrogen-bond donors (Lipinski definition) is 1. The molecule has 2 heterocycles. The van der Waals surface area contributed by atoms with Crippen LogP contribution in [-0.2, 0) is 32.5 Å². The Bertz CT molecular complexity index is 1360. The predicted octanol–water partition coefficient (Wildman–Crippen LogP) is 5.64. The fourth-order valence-electron chi connectivity index (χ4n) is 3.88. The van der Waals surface area contributed by atoms with Gasteiger partial charge in [0.25, 0.3) is 5.56 Å². The molecule has 45 heavy (non-hydrogen) atoms. The molecule has 1 N–H and O–H groups in total. The number of nitrogens with one attached hydrogen (secondary N) is 1. The van der Waals surface area contributed by atoms with E-state index >= 15 is 4.39 Å². The highest BCUT2D eigenvalue weighted by Crippen LogP contribution is 2.53. The van der Waals surface area contributed by atoms with Crippen LogP contribution < -0.4 is 11.2 Å². The first-order valence-electron chi connectivity index (χ1n) is 14.5. The number of azide groups is 1. The van der Waals surface area contributed by atoms with E-state index in [1.54, 1.807) is 0 Å². The van der Waals surface area contributed by atoms with Crippen molar-refractivity contribution in [1.82, 2.24) is 9.55 Å². The molecular weight excluding hydrogens is 652 g/mol. The first kappa shape index (κ1) is 39.2. The lowest BCUT2D eigenvalue weighted by Crippen LogP contribution is -2.44. The Morgan fingerprint density at radius 1 is 1.11 bits per heavy atom. The summed E-state index contributed by atoms with van der Waals surface area (Å²) in [6.07, 6.45) is -1.03. The number of aromatic nitrogens is 2. The molecule has 0 amide bonds. The van der Waals surface area contributed by atoms with Gasteiger partial charge < -0.3 is 4.74 Å². The minimum Gasteiger partial charge on any atom is -0.345 e. The smallest absolute Gasteiger partial charge is 0.345 e. The van der Waals surface area contributed by atoms with Crippen LogP contribution in [0.25, 0.3) is 10.4 Å². The number of nitrogens with zero attached hydrogens (tertiary/aromatic N) is 4. The Hall–Kier alpha value is -1.97. The molecule has 0 aliphatic carbocycles. The summed E-state index contributed by atoms with van der Waals surface area (Å²) in [6.45, 7) is 11.0. The van der Waals surface area contributed by atoms with Crippen LogP contribution in [0, 0.1) is 16.7 Å². The van der Waals surface area contributed by atoms with Crippen molar-refractivity contribution in [3.63, 3.8) is 0 Å². The zero-order chi connectivity index (χ0) is 34.1. The van der Waals surface area contributed by atoms with E-state index in [1.807, 2.05) is 46.5 Å². The minimum atomic E-state index is -4.42. The molecule has 0 spiro atoms. The molecule has 18 heteroatoms. The Morgan fingerprint density at radius 3 is 2.11 bits per heavy atom. The number of hydrogen-bond acceptors (Lipinski definition) is 12. The summed E-state index contributed by atoms with van der Waals surface area (Å²) in [5, 5.41) is 3.40. The summed E-state index contributed by atoms with van der Waals surface area (Å²) >= 11 is 2.02. The number of carbonyl (C=O) groups excluding carboxylic acids is 2. The average Bonchev–Trinajstić information content (AvgIpc) is 3.24. The van der Waals surface area contributed by atoms with Gasteiger partial charge in [-0.2, -0.15) is 0 Å². The van der Waals surface area contributed by atoms with Gasteiger partial charge in [-0.25, -0.2) is 13.8 Å². The number of halogens is 1. The molecule has 1 aromatic rings. The number of rotatable bonds is 18. The predicted molar refractivity (Wildman–Crippen MR) is 171 cm³/mol. The fourth-order valence-corrected chi connectivity index (χ4v) is 7.13. The second kappa shape index (κ2) is 16.7. The lowest BCUT2D eigenvalue weighted by Gasteiger charge is -2.32. The van der Waals surface area contributed by atoms with Crippen LogP contribution in [0.4, 0.5) is 4.39 Å². The molecule has 1 aromatic heterocycles. The number of H-pyrrole nitrogens is 1. The number of phosphoric ester groups is 1. The summed E-state index contributed by atoms with van der Waals surface area (Å²) in [6, 6.07) is 1.02. The number of aromatic amines is 1. The van der Waals surface area contributed by atoms with Crippen molar-refractivity contribution >= 4 is 41.6 Å². The maximum atomic E-state index is 15.6. The van der Waals surface area contributed by atoms with Crippen molar-refractivity contribution in [3.8, 4) is 0 Å². The van der Waals surface area contributed by atoms with Crippen LogP contribution in [0.3, 0.4) is 0 Å². The SMILES string of the molecule is CCC(C)(C)C(=O)SCCOP(=O)(OCCSC(=O)C(C)(C)CC)OC[C@@]1(CN=[N+]=[N-])O[C@@H](n2ccc(=O)[nH]c2=O)[C@H](F)[C@@H]1C. The largest absolute Gasteiger partial charge is 0.474 e. The molecule has 0 unspecified atom stereocenters. The molecule has 254 valence electrons. The fraction of sp³-hybridized carbons (Fsp3) is 0.778. The Balaban J connectivity index is 2.25. The van der Waals surface area contributed by atoms with Crippen molar-refractivity contribution < 1.29 is 36.9 Å². The number of carbonyl (C=O) groups is 2. The lowest BCUT2D eigenvalue weighted by molar-refractivity contribution is -0.118. The second-order valence-corrected chi connectivity index (χ2v) is 15.7. The normalized spacial score (nSPS) is 22.3. The Morgan fingerprint density at radius 2 is 1.64 bits per heavy atom. The van der Waals surface area contributed by atoms with Gasteiger partial charge in [0, 0.05) is 45.4 Å². The highest BCUT2D eigenvalue weighted by Gasteiger charge is 2.55. The summed E-state index contributed by atoms with van der Waals surface area (Å²) in [4.78, 5) is 53.7. The number of thioether (sulfide) groups is 2. The van der Waals surface area contributed by atoms with Gasteiger partial charge in [-0.3, -0.25) is 37.5 Å². The van der Waals surface area contributed by atoms with E-state index in [1.165, 1.54) is 6.92 Å². The van der Waals surface area contributed by atoms with Crippen molar-refractivity contribution in [2.75, 3.05) is 37.9 Å². The number of phosphoric acid groups is 1.